The van der Waals surface area contributed by atoms with Crippen molar-refractivity contribution in [1.82, 2.24) is 20.0 Å². The van der Waals surface area contributed by atoms with Crippen LogP contribution in [0, 0.1) is 27.9 Å². The van der Waals surface area contributed by atoms with Crippen LogP contribution in [0.15, 0.2) is 60.9 Å². The number of hydrogen-bond donors (Lipinski definition) is 7. The molecule has 4 fully saturated rings. The summed E-state index contributed by atoms with van der Waals surface area (Å²) < 4.78 is 39.2. The molecule has 4 heterocycles. The number of aliphatic hydroxyl groups is 5. The molecule has 2 saturated heterocycles. The third-order valence-corrected chi connectivity index (χ3v) is 15.1. The fourth-order valence-electron chi connectivity index (χ4n) is 11.0. The van der Waals surface area contributed by atoms with E-state index in [9.17, 15) is 55.1 Å². The van der Waals surface area contributed by atoms with E-state index in [-0.39, 0.29) is 42.2 Å². The third kappa shape index (κ3) is 13.2. The van der Waals surface area contributed by atoms with Crippen LogP contribution in [0.2, 0.25) is 0 Å². The highest BCUT2D eigenvalue weighted by atomic mass is 16.7. The number of nitro benzene ring substituents is 1. The zero-order valence-electron chi connectivity index (χ0n) is 41.6. The van der Waals surface area contributed by atoms with Gasteiger partial charge in [-0.15, -0.1) is 5.10 Å². The molecule has 7 N–H and O–H groups in total. The molecule has 74 heavy (non-hydrogen) atoms. The van der Waals surface area contributed by atoms with Gasteiger partial charge in [0.2, 0.25) is 0 Å². The fraction of sp³-hybridized carbons (Fsp3) is 0.635. The van der Waals surface area contributed by atoms with Gasteiger partial charge in [0.25, 0.3) is 5.69 Å². The minimum atomic E-state index is -1.70. The Morgan fingerprint density at radius 3 is 2.39 bits per heavy atom. The number of Topliss-reactive ketones (excluding diaryl/α,β-unsaturated/α-hetero) is 1. The number of aromatic nitrogens is 4. The number of carbonyl (C=O) groups excluding carboxylic acids is 2. The average molecular weight is 1040 g/mol. The summed E-state index contributed by atoms with van der Waals surface area (Å²) in [4.78, 5) is 55.0. The Kier molecular flexibility index (Phi) is 18.6. The second kappa shape index (κ2) is 25.0. The van der Waals surface area contributed by atoms with Crippen molar-refractivity contribution < 1.29 is 78.4 Å². The second-order valence-corrected chi connectivity index (χ2v) is 20.4. The first-order valence-corrected chi connectivity index (χ1v) is 25.8. The molecule has 0 bridgehead atoms. The number of aromatic amines is 1. The summed E-state index contributed by atoms with van der Waals surface area (Å²) in [7, 11) is 0. The molecule has 4 aromatic rings. The number of carbonyl (C=O) groups is 3. The SMILES string of the molecule is CC1O[C@@H](O[C@@H]2C(C)CC(C(=O)CCCCc3cn(CCc4c[nH]c5ccc([N+](=O)[O-])cc45)nn3)C[C@H]2O[C@@H]2O[C@@H](CO)[C@H](O)C(O[C@@H](CC3CCCCC3)C(=O)O)C2OC(=O)c2ccccc2)C(O)[C@@H](O)[C@@H]1O. The van der Waals surface area contributed by atoms with Crippen molar-refractivity contribution in [1.29, 1.82) is 0 Å². The maximum Gasteiger partial charge on any atom is 0.338 e. The van der Waals surface area contributed by atoms with E-state index in [0.29, 0.717) is 38.6 Å². The molecule has 0 spiro atoms. The zero-order valence-corrected chi connectivity index (χ0v) is 41.6. The van der Waals surface area contributed by atoms with Gasteiger partial charge in [-0.2, -0.15) is 0 Å². The van der Waals surface area contributed by atoms with E-state index in [4.69, 9.17) is 28.4 Å². The average Bonchev–Trinajstić information content (AvgIpc) is 4.04. The number of aryl methyl sites for hydroxylation is 3. The second-order valence-electron chi connectivity index (χ2n) is 20.4. The summed E-state index contributed by atoms with van der Waals surface area (Å²) in [6, 6.07) is 12.7. The molecule has 2 aromatic heterocycles. The van der Waals surface area contributed by atoms with Crippen molar-refractivity contribution in [2.24, 2.45) is 17.8 Å². The Bertz CT molecular complexity index is 2500. The van der Waals surface area contributed by atoms with Crippen LogP contribution in [-0.4, -0.2) is 160 Å². The van der Waals surface area contributed by atoms with Crippen molar-refractivity contribution in [3.05, 3.63) is 87.9 Å². The first-order valence-electron chi connectivity index (χ1n) is 25.8. The van der Waals surface area contributed by atoms with Gasteiger partial charge in [0.15, 0.2) is 24.8 Å². The number of benzene rings is 2. The standard InChI is InChI=1S/C52H69N5O17/c1-28-21-33(38(59)16-10-9-15-34-26-56(55-54-34)20-19-32-25-53-37-18-17-35(57(67)68)24-36(32)37)23-39(46(28)74-51-45(63)44(62)42(60)29(2)69-51)71-52-48(73-50(66)31-13-7-4-8-14-31)47(43(61)41(27-58)72-52)70-40(49(64)65)22-30-11-5-3-6-12-30/h4,7-8,13-14,17-18,24-26,28-30,33,39-48,51-53,58,60-63H,3,5-6,9-12,15-16,19-23,27H2,1-2H3,(H,64,65)/t28?,29?,33?,39-,40+,41+,42-,43+,44+,45?,46-,47?,48?,51+,52-/m1/s1. The monoisotopic (exact) mass is 1040 g/mol. The van der Waals surface area contributed by atoms with Crippen LogP contribution in [0.3, 0.4) is 0 Å². The van der Waals surface area contributed by atoms with Gasteiger partial charge in [0.1, 0.15) is 42.4 Å². The topological polar surface area (TPSA) is 318 Å². The number of nitrogens with zero attached hydrogens (tertiary/aromatic N) is 4. The normalized spacial score (nSPS) is 31.2. The molecule has 8 rings (SSSR count). The molecule has 22 nitrogen and oxygen atoms in total. The first-order chi connectivity index (χ1) is 35.6. The van der Waals surface area contributed by atoms with Crippen molar-refractivity contribution >= 4 is 34.3 Å². The van der Waals surface area contributed by atoms with Crippen LogP contribution in [0.25, 0.3) is 10.9 Å². The van der Waals surface area contributed by atoms with E-state index in [0.717, 1.165) is 54.3 Å². The molecular weight excluding hydrogens is 967 g/mol. The van der Waals surface area contributed by atoms with Gasteiger partial charge in [-0.1, -0.05) is 62.4 Å². The first kappa shape index (κ1) is 55.0. The summed E-state index contributed by atoms with van der Waals surface area (Å²) in [5.74, 6) is -3.27. The number of ketones is 1. The molecule has 2 aromatic carbocycles. The molecule has 0 amide bonds. The van der Waals surface area contributed by atoms with Crippen LogP contribution in [0.4, 0.5) is 5.69 Å². The molecule has 2 saturated carbocycles. The van der Waals surface area contributed by atoms with Gasteiger partial charge in [0, 0.05) is 54.3 Å². The van der Waals surface area contributed by atoms with Gasteiger partial charge >= 0.3 is 11.9 Å². The van der Waals surface area contributed by atoms with Gasteiger partial charge in [-0.05, 0) is 87.5 Å². The van der Waals surface area contributed by atoms with Crippen LogP contribution in [0.5, 0.6) is 0 Å². The summed E-state index contributed by atoms with van der Waals surface area (Å²) in [5.41, 5.74) is 2.58. The number of ether oxygens (including phenoxy) is 6. The predicted molar refractivity (Wildman–Crippen MR) is 260 cm³/mol. The van der Waals surface area contributed by atoms with Crippen molar-refractivity contribution in [3.8, 4) is 0 Å². The minimum Gasteiger partial charge on any atom is -0.479 e. The number of unbranched alkanes of at least 4 members (excludes halogenated alkanes) is 1. The quantitative estimate of drug-likeness (QED) is 0.0254. The molecular formula is C52H69N5O17. The smallest absolute Gasteiger partial charge is 0.338 e. The van der Waals surface area contributed by atoms with E-state index in [2.05, 4.69) is 15.3 Å². The summed E-state index contributed by atoms with van der Waals surface area (Å²) in [6.07, 6.45) is -7.57. The van der Waals surface area contributed by atoms with Gasteiger partial charge in [0.05, 0.1) is 41.1 Å². The molecule has 15 atom stereocenters. The Balaban J connectivity index is 0.979. The largest absolute Gasteiger partial charge is 0.479 e. The number of aliphatic hydroxyl groups excluding tert-OH is 5. The number of esters is 1. The van der Waals surface area contributed by atoms with E-state index in [1.165, 1.54) is 25.1 Å². The number of rotatable bonds is 22. The number of nitrogens with one attached hydrogen (secondary N) is 1. The van der Waals surface area contributed by atoms with Gasteiger partial charge < -0.3 is 64.0 Å². The van der Waals surface area contributed by atoms with Gasteiger partial charge in [-0.25, -0.2) is 9.59 Å². The highest BCUT2D eigenvalue weighted by Gasteiger charge is 2.54. The van der Waals surface area contributed by atoms with Gasteiger partial charge in [-0.3, -0.25) is 19.6 Å². The number of H-pyrrole nitrogens is 1. The number of aliphatic carboxylic acids is 1. The Hall–Kier alpha value is -5.27. The van der Waals surface area contributed by atoms with Crippen molar-refractivity contribution in [2.75, 3.05) is 6.61 Å². The zero-order chi connectivity index (χ0) is 52.6. The molecule has 6 unspecified atom stereocenters. The lowest BCUT2D eigenvalue weighted by atomic mass is 9.75. The summed E-state index contributed by atoms with van der Waals surface area (Å²) in [6.45, 7) is 3.05. The number of carboxylic acid groups (broad SMARTS) is 1. The van der Waals surface area contributed by atoms with E-state index < -0.39 is 115 Å². The lowest BCUT2D eigenvalue weighted by Gasteiger charge is -2.48. The Labute approximate surface area is 427 Å². The maximum absolute atomic E-state index is 14.2. The maximum atomic E-state index is 14.2. The Morgan fingerprint density at radius 1 is 0.892 bits per heavy atom. The van der Waals surface area contributed by atoms with E-state index in [1.54, 1.807) is 35.0 Å². The minimum absolute atomic E-state index is 0.00949. The fourth-order valence-corrected chi connectivity index (χ4v) is 11.0. The molecule has 404 valence electrons. The molecule has 22 heteroatoms. The van der Waals surface area contributed by atoms with Crippen molar-refractivity contribution in [3.63, 3.8) is 0 Å². The molecule has 0 radical (unpaired) electrons. The lowest BCUT2D eigenvalue weighted by molar-refractivity contribution is -0.384. The summed E-state index contributed by atoms with van der Waals surface area (Å²) >= 11 is 0. The van der Waals surface area contributed by atoms with E-state index in [1.807, 2.05) is 19.3 Å². The van der Waals surface area contributed by atoms with Crippen LogP contribution < -0.4 is 0 Å². The number of non-ortho nitro benzene ring substituents is 1. The number of nitro groups is 1. The highest BCUT2D eigenvalue weighted by Crippen LogP contribution is 2.40. The third-order valence-electron chi connectivity index (χ3n) is 15.1. The van der Waals surface area contributed by atoms with Crippen LogP contribution in [0.1, 0.15) is 106 Å². The Morgan fingerprint density at radius 2 is 1.66 bits per heavy atom. The lowest BCUT2D eigenvalue weighted by Crippen LogP contribution is -2.64. The van der Waals surface area contributed by atoms with Crippen LogP contribution >= 0.6 is 0 Å². The molecule has 2 aliphatic carbocycles. The predicted octanol–water partition coefficient (Wildman–Crippen LogP) is 3.95. The van der Waals surface area contributed by atoms with Crippen molar-refractivity contribution in [2.45, 2.75) is 184 Å². The number of hydrogen-bond acceptors (Lipinski definition) is 18. The number of carboxylic acids is 1. The summed E-state index contributed by atoms with van der Waals surface area (Å²) in [5, 5.41) is 85.7. The van der Waals surface area contributed by atoms with E-state index >= 15 is 0 Å². The number of fused-ring (bicyclic) bond motifs is 1. The highest BCUT2D eigenvalue weighted by molar-refractivity contribution is 5.89. The molecule has 2 aliphatic heterocycles. The van der Waals surface area contributed by atoms with Crippen LogP contribution in [-0.2, 0) is 57.4 Å². The molecule has 4 aliphatic rings.